The second-order valence-electron chi connectivity index (χ2n) is 6.42. The number of aromatic nitrogens is 1. The van der Waals surface area contributed by atoms with Gasteiger partial charge in [-0.05, 0) is 37.1 Å². The summed E-state index contributed by atoms with van der Waals surface area (Å²) in [6, 6.07) is 5.65. The molecule has 0 atom stereocenters. The van der Waals surface area contributed by atoms with Crippen molar-refractivity contribution in [2.45, 2.75) is 36.4 Å². The number of hydrogen-bond acceptors (Lipinski definition) is 5. The summed E-state index contributed by atoms with van der Waals surface area (Å²) in [4.78, 5) is 30.8. The van der Waals surface area contributed by atoms with Crippen molar-refractivity contribution in [3.8, 4) is 0 Å². The number of thioether (sulfide) groups is 1. The number of carbonyl (C=O) groups is 2. The molecule has 3 rings (SSSR count). The highest BCUT2D eigenvalue weighted by Crippen LogP contribution is 2.23. The highest BCUT2D eigenvalue weighted by atomic mass is 32.2. The van der Waals surface area contributed by atoms with Crippen LogP contribution in [0.25, 0.3) is 0 Å². The van der Waals surface area contributed by atoms with Crippen LogP contribution in [-0.2, 0) is 16.0 Å². The summed E-state index contributed by atoms with van der Waals surface area (Å²) in [5.74, 6) is -0.172. The van der Waals surface area contributed by atoms with Gasteiger partial charge in [-0.25, -0.2) is 9.37 Å². The minimum absolute atomic E-state index is 0.132. The van der Waals surface area contributed by atoms with Gasteiger partial charge in [0.2, 0.25) is 11.8 Å². The smallest absolute Gasteiger partial charge is 0.234 e. The molecule has 0 saturated carbocycles. The number of hydrogen-bond donors (Lipinski definition) is 1. The maximum absolute atomic E-state index is 12.9. The standard InChI is InChI=1S/C19H22FN3O2S2/c20-14-5-7-15(8-6-14)21-17(24)13-27-19-22-16(12-26-19)11-18(25)23-9-3-1-2-4-10-23/h5-8,12H,1-4,9-11,13H2,(H,21,24). The predicted octanol–water partition coefficient (Wildman–Crippen LogP) is 3.96. The summed E-state index contributed by atoms with van der Waals surface area (Å²) >= 11 is 2.78. The summed E-state index contributed by atoms with van der Waals surface area (Å²) in [5.41, 5.74) is 1.32. The molecule has 0 spiro atoms. The lowest BCUT2D eigenvalue weighted by atomic mass is 10.2. The van der Waals surface area contributed by atoms with E-state index in [0.717, 1.165) is 36.0 Å². The summed E-state index contributed by atoms with van der Waals surface area (Å²) < 4.78 is 13.6. The van der Waals surface area contributed by atoms with Crippen molar-refractivity contribution in [3.63, 3.8) is 0 Å². The van der Waals surface area contributed by atoms with Crippen molar-refractivity contribution in [3.05, 3.63) is 41.2 Å². The van der Waals surface area contributed by atoms with Gasteiger partial charge in [0, 0.05) is 24.2 Å². The highest BCUT2D eigenvalue weighted by Gasteiger charge is 2.17. The van der Waals surface area contributed by atoms with Crippen LogP contribution in [0.4, 0.5) is 10.1 Å². The van der Waals surface area contributed by atoms with Crippen molar-refractivity contribution in [2.75, 3.05) is 24.2 Å². The van der Waals surface area contributed by atoms with Gasteiger partial charge in [0.15, 0.2) is 4.34 Å². The van der Waals surface area contributed by atoms with Crippen LogP contribution >= 0.6 is 23.1 Å². The first-order chi connectivity index (χ1) is 13.1. The van der Waals surface area contributed by atoms with Crippen LogP contribution in [0.5, 0.6) is 0 Å². The lowest BCUT2D eigenvalue weighted by Crippen LogP contribution is -2.33. The minimum atomic E-state index is -0.340. The van der Waals surface area contributed by atoms with Crippen molar-refractivity contribution in [1.29, 1.82) is 0 Å². The molecule has 1 aliphatic heterocycles. The van der Waals surface area contributed by atoms with E-state index in [1.54, 1.807) is 0 Å². The van der Waals surface area contributed by atoms with E-state index in [1.807, 2.05) is 10.3 Å². The lowest BCUT2D eigenvalue weighted by Gasteiger charge is -2.19. The summed E-state index contributed by atoms with van der Waals surface area (Å²) in [7, 11) is 0. The topological polar surface area (TPSA) is 62.3 Å². The molecule has 2 heterocycles. The van der Waals surface area contributed by atoms with E-state index in [4.69, 9.17) is 0 Å². The molecule has 1 N–H and O–H groups in total. The molecule has 2 aromatic rings. The molecule has 1 aromatic carbocycles. The van der Waals surface area contributed by atoms with E-state index in [-0.39, 0.29) is 23.4 Å². The van der Waals surface area contributed by atoms with Crippen LogP contribution in [0.2, 0.25) is 0 Å². The Morgan fingerprint density at radius 3 is 2.56 bits per heavy atom. The van der Waals surface area contributed by atoms with Gasteiger partial charge in [-0.1, -0.05) is 24.6 Å². The molecule has 1 saturated heterocycles. The molecule has 1 aromatic heterocycles. The van der Waals surface area contributed by atoms with Crippen LogP contribution in [0.3, 0.4) is 0 Å². The number of carbonyl (C=O) groups excluding carboxylic acids is 2. The first-order valence-corrected chi connectivity index (χ1v) is 10.9. The van der Waals surface area contributed by atoms with Crippen molar-refractivity contribution < 1.29 is 14.0 Å². The summed E-state index contributed by atoms with van der Waals surface area (Å²) in [5, 5.41) is 4.60. The first kappa shape index (κ1) is 19.8. The predicted molar refractivity (Wildman–Crippen MR) is 107 cm³/mol. The molecule has 8 heteroatoms. The van der Waals surface area contributed by atoms with Gasteiger partial charge in [0.05, 0.1) is 17.9 Å². The molecule has 5 nitrogen and oxygen atoms in total. The third kappa shape index (κ3) is 6.32. The number of nitrogens with zero attached hydrogens (tertiary/aromatic N) is 2. The maximum Gasteiger partial charge on any atom is 0.234 e. The molecule has 0 radical (unpaired) electrons. The molecule has 0 aliphatic carbocycles. The monoisotopic (exact) mass is 407 g/mol. The van der Waals surface area contributed by atoms with Crippen molar-refractivity contribution in [2.24, 2.45) is 0 Å². The molecule has 27 heavy (non-hydrogen) atoms. The SMILES string of the molecule is O=C(CSc1nc(CC(=O)N2CCCCCC2)cs1)Nc1ccc(F)cc1. The van der Waals surface area contributed by atoms with E-state index in [0.29, 0.717) is 12.1 Å². The van der Waals surface area contributed by atoms with Gasteiger partial charge in [0.1, 0.15) is 5.82 Å². The number of amides is 2. The average molecular weight is 408 g/mol. The number of rotatable bonds is 6. The zero-order chi connectivity index (χ0) is 19.1. The fourth-order valence-corrected chi connectivity index (χ4v) is 4.52. The van der Waals surface area contributed by atoms with Crippen LogP contribution in [0.1, 0.15) is 31.4 Å². The zero-order valence-corrected chi connectivity index (χ0v) is 16.6. The second-order valence-corrected chi connectivity index (χ2v) is 8.50. The minimum Gasteiger partial charge on any atom is -0.342 e. The van der Waals surface area contributed by atoms with Gasteiger partial charge in [0.25, 0.3) is 0 Å². The quantitative estimate of drug-likeness (QED) is 0.737. The number of nitrogens with one attached hydrogen (secondary N) is 1. The molecule has 1 fully saturated rings. The number of thiazole rings is 1. The van der Waals surface area contributed by atoms with Crippen LogP contribution < -0.4 is 5.32 Å². The third-order valence-corrected chi connectivity index (χ3v) is 6.35. The third-order valence-electron chi connectivity index (χ3n) is 4.28. The van der Waals surface area contributed by atoms with Gasteiger partial charge in [-0.15, -0.1) is 11.3 Å². The van der Waals surface area contributed by atoms with E-state index in [1.165, 1.54) is 60.2 Å². The Kier molecular flexibility index (Phi) is 7.23. The van der Waals surface area contributed by atoms with Gasteiger partial charge < -0.3 is 10.2 Å². The Morgan fingerprint density at radius 2 is 1.85 bits per heavy atom. The van der Waals surface area contributed by atoms with Crippen LogP contribution in [-0.4, -0.2) is 40.5 Å². The highest BCUT2D eigenvalue weighted by molar-refractivity contribution is 8.01. The number of halogens is 1. The Hall–Kier alpha value is -1.93. The molecule has 0 unspecified atom stereocenters. The number of benzene rings is 1. The molecule has 0 bridgehead atoms. The normalized spacial score (nSPS) is 14.6. The number of likely N-dealkylation sites (tertiary alicyclic amines) is 1. The van der Waals surface area contributed by atoms with Gasteiger partial charge in [-0.2, -0.15) is 0 Å². The number of anilines is 1. The maximum atomic E-state index is 12.9. The van der Waals surface area contributed by atoms with Crippen molar-refractivity contribution >= 4 is 40.6 Å². The van der Waals surface area contributed by atoms with Gasteiger partial charge >= 0.3 is 0 Å². The van der Waals surface area contributed by atoms with Crippen LogP contribution in [0.15, 0.2) is 34.0 Å². The largest absolute Gasteiger partial charge is 0.342 e. The molecule has 144 valence electrons. The first-order valence-electron chi connectivity index (χ1n) is 9.00. The Balaban J connectivity index is 1.45. The van der Waals surface area contributed by atoms with E-state index < -0.39 is 0 Å². The zero-order valence-electron chi connectivity index (χ0n) is 14.9. The summed E-state index contributed by atoms with van der Waals surface area (Å²) in [6.45, 7) is 1.68. The average Bonchev–Trinajstić information content (AvgIpc) is 2.92. The molecule has 2 amide bonds. The Labute approximate surface area is 166 Å². The fourth-order valence-electron chi connectivity index (χ4n) is 2.88. The second kappa shape index (κ2) is 9.85. The molecular formula is C19H22FN3O2S2. The lowest BCUT2D eigenvalue weighted by molar-refractivity contribution is -0.130. The van der Waals surface area contributed by atoms with Gasteiger partial charge in [-0.3, -0.25) is 9.59 Å². The van der Waals surface area contributed by atoms with Crippen molar-refractivity contribution in [1.82, 2.24) is 9.88 Å². The van der Waals surface area contributed by atoms with E-state index in [2.05, 4.69) is 10.3 Å². The van der Waals surface area contributed by atoms with Crippen LogP contribution in [0, 0.1) is 5.82 Å². The van der Waals surface area contributed by atoms with E-state index >= 15 is 0 Å². The molecular weight excluding hydrogens is 385 g/mol. The molecule has 1 aliphatic rings. The van der Waals surface area contributed by atoms with E-state index in [9.17, 15) is 14.0 Å². The summed E-state index contributed by atoms with van der Waals surface area (Å²) in [6.07, 6.45) is 4.86. The Morgan fingerprint density at radius 1 is 1.15 bits per heavy atom. The fraction of sp³-hybridized carbons (Fsp3) is 0.421. The Bertz CT molecular complexity index is 772.